The molecule has 6 heteroatoms. The molecule has 0 bridgehead atoms. The number of halogens is 1. The first-order valence-corrected chi connectivity index (χ1v) is 5.87. The molecule has 0 aliphatic rings. The van der Waals surface area contributed by atoms with Gasteiger partial charge >= 0.3 is 0 Å². The van der Waals surface area contributed by atoms with Gasteiger partial charge in [-0.2, -0.15) is 0 Å². The van der Waals surface area contributed by atoms with E-state index in [4.69, 9.17) is 0 Å². The van der Waals surface area contributed by atoms with Gasteiger partial charge in [0, 0.05) is 5.38 Å². The molecule has 0 atom stereocenters. The zero-order valence-electron chi connectivity index (χ0n) is 9.74. The minimum absolute atomic E-state index is 0. The Hall–Kier alpha value is -0.650. The van der Waals surface area contributed by atoms with Crippen molar-refractivity contribution in [3.63, 3.8) is 0 Å². The van der Waals surface area contributed by atoms with Crippen molar-refractivity contribution in [3.05, 3.63) is 16.1 Å². The van der Waals surface area contributed by atoms with E-state index in [9.17, 15) is 4.79 Å². The predicted octanol–water partition coefficient (Wildman–Crippen LogP) is 1.52. The summed E-state index contributed by atoms with van der Waals surface area (Å²) in [6, 6.07) is 0. The van der Waals surface area contributed by atoms with Crippen LogP contribution in [0.3, 0.4) is 0 Å². The first kappa shape index (κ1) is 15.3. The highest BCUT2D eigenvalue weighted by Crippen LogP contribution is 2.17. The molecule has 16 heavy (non-hydrogen) atoms. The van der Waals surface area contributed by atoms with Crippen LogP contribution in [0.4, 0.5) is 0 Å². The lowest BCUT2D eigenvalue weighted by molar-refractivity contribution is -0.120. The summed E-state index contributed by atoms with van der Waals surface area (Å²) < 4.78 is 0. The molecule has 0 spiro atoms. The minimum Gasteiger partial charge on any atom is -0.348 e. The third kappa shape index (κ3) is 4.92. The Morgan fingerprint density at radius 3 is 2.75 bits per heavy atom. The fraction of sp³-hybridized carbons (Fsp3) is 0.600. The van der Waals surface area contributed by atoms with Gasteiger partial charge in [0.2, 0.25) is 5.91 Å². The minimum atomic E-state index is -0.00111. The molecule has 0 saturated carbocycles. The summed E-state index contributed by atoms with van der Waals surface area (Å²) >= 11 is 1.59. The molecule has 1 amide bonds. The Balaban J connectivity index is 0.00000225. The van der Waals surface area contributed by atoms with E-state index in [1.54, 1.807) is 18.4 Å². The number of nitrogens with one attached hydrogen (secondary N) is 2. The van der Waals surface area contributed by atoms with Crippen LogP contribution in [0.15, 0.2) is 5.38 Å². The van der Waals surface area contributed by atoms with Gasteiger partial charge < -0.3 is 10.6 Å². The van der Waals surface area contributed by atoms with Gasteiger partial charge in [-0.1, -0.05) is 13.8 Å². The van der Waals surface area contributed by atoms with Crippen molar-refractivity contribution in [2.75, 3.05) is 13.6 Å². The van der Waals surface area contributed by atoms with Gasteiger partial charge in [-0.25, -0.2) is 4.98 Å². The van der Waals surface area contributed by atoms with Gasteiger partial charge in [-0.15, -0.1) is 23.7 Å². The number of carbonyl (C=O) groups is 1. The number of hydrogen-bond donors (Lipinski definition) is 2. The normalized spacial score (nSPS) is 10.0. The molecule has 1 rings (SSSR count). The summed E-state index contributed by atoms with van der Waals surface area (Å²) in [4.78, 5) is 15.6. The fourth-order valence-electron chi connectivity index (χ4n) is 1.07. The first-order valence-electron chi connectivity index (χ1n) is 4.99. The van der Waals surface area contributed by atoms with Gasteiger partial charge in [-0.05, 0) is 13.0 Å². The Bertz CT molecular complexity index is 328. The molecule has 2 N–H and O–H groups in total. The largest absolute Gasteiger partial charge is 0.348 e. The molecular weight excluding hydrogens is 246 g/mol. The highest BCUT2D eigenvalue weighted by molar-refractivity contribution is 7.09. The summed E-state index contributed by atoms with van der Waals surface area (Å²) in [5.74, 6) is 0.446. The lowest BCUT2D eigenvalue weighted by Crippen LogP contribution is -2.31. The SMILES string of the molecule is CNCC(=O)NCc1nc(C(C)C)cs1.Cl. The molecule has 1 heterocycles. The molecule has 0 aromatic carbocycles. The number of nitrogens with zero attached hydrogens (tertiary/aromatic N) is 1. The van der Waals surface area contributed by atoms with E-state index < -0.39 is 0 Å². The van der Waals surface area contributed by atoms with Crippen molar-refractivity contribution >= 4 is 29.7 Å². The molecule has 0 fully saturated rings. The van der Waals surface area contributed by atoms with Crippen molar-refractivity contribution in [2.24, 2.45) is 0 Å². The number of rotatable bonds is 5. The highest BCUT2D eigenvalue weighted by atomic mass is 35.5. The van der Waals surface area contributed by atoms with E-state index in [2.05, 4.69) is 29.5 Å². The number of carbonyl (C=O) groups excluding carboxylic acids is 1. The van der Waals surface area contributed by atoms with Crippen LogP contribution in [0.2, 0.25) is 0 Å². The monoisotopic (exact) mass is 263 g/mol. The maximum Gasteiger partial charge on any atom is 0.234 e. The van der Waals surface area contributed by atoms with Crippen molar-refractivity contribution in [1.82, 2.24) is 15.6 Å². The zero-order chi connectivity index (χ0) is 11.3. The molecule has 4 nitrogen and oxygen atoms in total. The van der Waals surface area contributed by atoms with Crippen molar-refractivity contribution in [3.8, 4) is 0 Å². The standard InChI is InChI=1S/C10H17N3OS.ClH/c1-7(2)8-6-15-10(13-8)5-12-9(14)4-11-3;/h6-7,11H,4-5H2,1-3H3,(H,12,14);1H. The molecule has 0 aliphatic carbocycles. The van der Waals surface area contributed by atoms with E-state index in [1.165, 1.54) is 0 Å². The Morgan fingerprint density at radius 2 is 2.25 bits per heavy atom. The number of likely N-dealkylation sites (N-methyl/N-ethyl adjacent to an activating group) is 1. The Morgan fingerprint density at radius 1 is 1.56 bits per heavy atom. The van der Waals surface area contributed by atoms with Gasteiger partial charge in [0.25, 0.3) is 0 Å². The molecule has 92 valence electrons. The summed E-state index contributed by atoms with van der Waals surface area (Å²) in [5, 5.41) is 8.60. The summed E-state index contributed by atoms with van der Waals surface area (Å²) in [7, 11) is 1.75. The molecule has 1 aromatic rings. The van der Waals surface area contributed by atoms with Crippen LogP contribution in [-0.2, 0) is 11.3 Å². The second kappa shape index (κ2) is 7.60. The van der Waals surface area contributed by atoms with E-state index in [-0.39, 0.29) is 18.3 Å². The topological polar surface area (TPSA) is 54.0 Å². The molecule has 1 aromatic heterocycles. The van der Waals surface area contributed by atoms with Crippen molar-refractivity contribution < 1.29 is 4.79 Å². The number of hydrogen-bond acceptors (Lipinski definition) is 4. The van der Waals surface area contributed by atoms with Crippen LogP contribution >= 0.6 is 23.7 Å². The maximum absolute atomic E-state index is 11.2. The van der Waals surface area contributed by atoms with E-state index >= 15 is 0 Å². The Labute approximate surface area is 106 Å². The van der Waals surface area contributed by atoms with Gasteiger partial charge in [0.05, 0.1) is 18.8 Å². The van der Waals surface area contributed by atoms with Crippen LogP contribution in [0, 0.1) is 0 Å². The molecular formula is C10H18ClN3OS. The van der Waals surface area contributed by atoms with Crippen LogP contribution in [0.25, 0.3) is 0 Å². The smallest absolute Gasteiger partial charge is 0.234 e. The van der Waals surface area contributed by atoms with Crippen LogP contribution in [0.1, 0.15) is 30.5 Å². The third-order valence-electron chi connectivity index (χ3n) is 1.94. The summed E-state index contributed by atoms with van der Waals surface area (Å²) in [6.07, 6.45) is 0. The average Bonchev–Trinajstić information content (AvgIpc) is 2.63. The van der Waals surface area contributed by atoms with Gasteiger partial charge in [0.1, 0.15) is 5.01 Å². The number of thiazole rings is 1. The van der Waals surface area contributed by atoms with Crippen LogP contribution < -0.4 is 10.6 Å². The predicted molar refractivity (Wildman–Crippen MR) is 69.2 cm³/mol. The van der Waals surface area contributed by atoms with Crippen molar-refractivity contribution in [1.29, 1.82) is 0 Å². The van der Waals surface area contributed by atoms with Crippen LogP contribution in [0.5, 0.6) is 0 Å². The lowest BCUT2D eigenvalue weighted by atomic mass is 10.2. The quantitative estimate of drug-likeness (QED) is 0.847. The van der Waals surface area contributed by atoms with E-state index in [0.717, 1.165) is 10.7 Å². The van der Waals surface area contributed by atoms with E-state index in [0.29, 0.717) is 19.0 Å². The van der Waals surface area contributed by atoms with Gasteiger partial charge in [0.15, 0.2) is 0 Å². The number of amides is 1. The molecule has 0 unspecified atom stereocenters. The summed E-state index contributed by atoms with van der Waals surface area (Å²) in [5.41, 5.74) is 1.10. The molecule has 0 saturated heterocycles. The molecule has 0 radical (unpaired) electrons. The van der Waals surface area contributed by atoms with E-state index in [1.807, 2.05) is 5.38 Å². The van der Waals surface area contributed by atoms with Gasteiger partial charge in [-0.3, -0.25) is 4.79 Å². The Kier molecular flexibility index (Phi) is 7.29. The third-order valence-corrected chi connectivity index (χ3v) is 2.80. The molecule has 0 aliphatic heterocycles. The second-order valence-corrected chi connectivity index (χ2v) is 4.57. The summed E-state index contributed by atoms with van der Waals surface area (Å²) in [6.45, 7) is 5.09. The second-order valence-electron chi connectivity index (χ2n) is 3.63. The number of aromatic nitrogens is 1. The average molecular weight is 264 g/mol. The highest BCUT2D eigenvalue weighted by Gasteiger charge is 2.06. The maximum atomic E-state index is 11.2. The first-order chi connectivity index (χ1) is 7.13. The fourth-order valence-corrected chi connectivity index (χ4v) is 1.96. The lowest BCUT2D eigenvalue weighted by Gasteiger charge is -2.01. The van der Waals surface area contributed by atoms with Crippen LogP contribution in [-0.4, -0.2) is 24.5 Å². The van der Waals surface area contributed by atoms with Crippen molar-refractivity contribution in [2.45, 2.75) is 26.3 Å². The zero-order valence-corrected chi connectivity index (χ0v) is 11.4.